The zero-order chi connectivity index (χ0) is 19.8. The second-order valence-corrected chi connectivity index (χ2v) is 7.85. The van der Waals surface area contributed by atoms with Gasteiger partial charge in [0.15, 0.2) is 0 Å². The van der Waals surface area contributed by atoms with Gasteiger partial charge in [0.1, 0.15) is 13.5 Å². The van der Waals surface area contributed by atoms with E-state index >= 15 is 0 Å². The van der Waals surface area contributed by atoms with E-state index in [4.69, 9.17) is 7.85 Å². The van der Waals surface area contributed by atoms with E-state index in [9.17, 15) is 9.90 Å². The third kappa shape index (κ3) is 6.85. The average Bonchev–Trinajstić information content (AvgIpc) is 2.73. The predicted octanol–water partition coefficient (Wildman–Crippen LogP) is -0.233. The van der Waals surface area contributed by atoms with Crippen molar-refractivity contribution in [2.45, 2.75) is 25.8 Å². The number of hydrogen-bond acceptors (Lipinski definition) is 6. The van der Waals surface area contributed by atoms with Crippen molar-refractivity contribution in [1.29, 1.82) is 0 Å². The maximum absolute atomic E-state index is 11.3. The number of hydrogen-bond donors (Lipinski definition) is 2. The number of aromatic carboxylic acids is 1. The minimum Gasteiger partial charge on any atom is -0.477 e. The second kappa shape index (κ2) is 10.9. The summed E-state index contributed by atoms with van der Waals surface area (Å²) in [6.45, 7) is 11.4. The van der Waals surface area contributed by atoms with E-state index in [-0.39, 0.29) is 5.69 Å². The third-order valence-electron chi connectivity index (χ3n) is 5.57. The molecule has 2 unspecified atom stereocenters. The van der Waals surface area contributed by atoms with Crippen LogP contribution in [-0.4, -0.2) is 104 Å². The summed E-state index contributed by atoms with van der Waals surface area (Å²) in [5, 5.41) is 12.8. The lowest BCUT2D eigenvalue weighted by Gasteiger charge is -2.27. The fourth-order valence-electron chi connectivity index (χ4n) is 4.08. The Hall–Kier alpha value is -1.48. The number of rotatable bonds is 3. The molecule has 2 N–H and O–H groups in total. The van der Waals surface area contributed by atoms with Crippen LogP contribution >= 0.6 is 0 Å². The van der Waals surface area contributed by atoms with Gasteiger partial charge in [0, 0.05) is 32.7 Å². The van der Waals surface area contributed by atoms with Gasteiger partial charge in [-0.1, -0.05) is 5.46 Å². The van der Waals surface area contributed by atoms with E-state index < -0.39 is 5.97 Å². The highest BCUT2D eigenvalue weighted by molar-refractivity contribution is 6.32. The van der Waals surface area contributed by atoms with Crippen molar-refractivity contribution in [2.24, 2.45) is 0 Å². The van der Waals surface area contributed by atoms with Crippen LogP contribution in [0.3, 0.4) is 0 Å². The molecule has 0 amide bonds. The molecule has 0 aliphatic carbocycles. The van der Waals surface area contributed by atoms with Gasteiger partial charge in [-0.15, -0.1) is 0 Å². The van der Waals surface area contributed by atoms with Crippen LogP contribution in [0.1, 0.15) is 35.4 Å². The molecule has 7 nitrogen and oxygen atoms in total. The highest BCUT2D eigenvalue weighted by Gasteiger charge is 2.16. The number of nitrogens with zero attached hydrogens (tertiary/aromatic N) is 4. The van der Waals surface area contributed by atoms with E-state index in [1.54, 1.807) is 6.07 Å². The molecule has 3 heterocycles. The molecular formula is C20H32BN5O2. The van der Waals surface area contributed by atoms with Gasteiger partial charge >= 0.3 is 5.97 Å². The molecule has 0 spiro atoms. The Labute approximate surface area is 169 Å². The van der Waals surface area contributed by atoms with Crippen LogP contribution in [-0.2, 0) is 6.54 Å². The number of nitrogens with one attached hydrogen (secondary N) is 1. The first-order valence-electron chi connectivity index (χ1n) is 10.5. The molecule has 2 bridgehead atoms. The monoisotopic (exact) mass is 385 g/mol. The zero-order valence-corrected chi connectivity index (χ0v) is 16.8. The van der Waals surface area contributed by atoms with Gasteiger partial charge in [-0.25, -0.2) is 9.78 Å². The van der Waals surface area contributed by atoms with Crippen molar-refractivity contribution in [3.63, 3.8) is 0 Å². The molecule has 1 aromatic heterocycles. The zero-order valence-electron chi connectivity index (χ0n) is 16.8. The summed E-state index contributed by atoms with van der Waals surface area (Å²) in [7, 11) is 5.90. The summed E-state index contributed by atoms with van der Waals surface area (Å²) in [6.07, 6.45) is 3.51. The molecule has 2 atom stereocenters. The summed E-state index contributed by atoms with van der Waals surface area (Å²) in [6, 6.07) is 3.22. The first kappa shape index (κ1) is 21.2. The van der Waals surface area contributed by atoms with Crippen molar-refractivity contribution in [2.75, 3.05) is 65.4 Å². The van der Waals surface area contributed by atoms with Crippen molar-refractivity contribution in [3.05, 3.63) is 23.5 Å². The topological polar surface area (TPSA) is 71.9 Å². The van der Waals surface area contributed by atoms with Crippen LogP contribution in [0.5, 0.6) is 0 Å². The molecule has 0 aromatic carbocycles. The summed E-state index contributed by atoms with van der Waals surface area (Å²) in [5.74, 6) is -1.03. The van der Waals surface area contributed by atoms with Gasteiger partial charge in [0.05, 0.1) is 5.69 Å². The van der Waals surface area contributed by atoms with Gasteiger partial charge in [0.2, 0.25) is 0 Å². The largest absolute Gasteiger partial charge is 0.477 e. The third-order valence-corrected chi connectivity index (χ3v) is 5.57. The van der Waals surface area contributed by atoms with Gasteiger partial charge < -0.3 is 20.2 Å². The van der Waals surface area contributed by atoms with E-state index in [0.29, 0.717) is 12.0 Å². The van der Waals surface area contributed by atoms with Crippen LogP contribution in [0.25, 0.3) is 0 Å². The Bertz CT molecular complexity index is 645. The van der Waals surface area contributed by atoms with Crippen molar-refractivity contribution >= 4 is 19.3 Å². The summed E-state index contributed by atoms with van der Waals surface area (Å²) >= 11 is 0. The Balaban J connectivity index is 1.69. The minimum absolute atomic E-state index is 0.0234. The molecule has 3 rings (SSSR count). The molecule has 2 radical (unpaired) electrons. The summed E-state index contributed by atoms with van der Waals surface area (Å²) < 4.78 is 0. The van der Waals surface area contributed by atoms with Gasteiger partial charge in [0.25, 0.3) is 0 Å². The quantitative estimate of drug-likeness (QED) is 0.697. The second-order valence-electron chi connectivity index (χ2n) is 7.85. The SMILES string of the molecule is [B]c1cc(CN2CCCN3CCCN(CCCNCC3)CC2)nc(C(=O)O)c1. The molecular weight excluding hydrogens is 353 g/mol. The smallest absolute Gasteiger partial charge is 0.354 e. The molecule has 28 heavy (non-hydrogen) atoms. The first-order chi connectivity index (χ1) is 13.6. The van der Waals surface area contributed by atoms with Crippen molar-refractivity contribution in [3.8, 4) is 0 Å². The van der Waals surface area contributed by atoms with Gasteiger partial charge in [-0.3, -0.25) is 4.90 Å². The summed E-state index contributed by atoms with van der Waals surface area (Å²) in [4.78, 5) is 23.1. The minimum atomic E-state index is -1.03. The van der Waals surface area contributed by atoms with Crippen LogP contribution in [0.2, 0.25) is 0 Å². The molecule has 2 aliphatic heterocycles. The molecule has 2 aliphatic rings. The van der Waals surface area contributed by atoms with Crippen LogP contribution in [0.15, 0.2) is 12.1 Å². The number of carbonyl (C=O) groups is 1. The molecule has 152 valence electrons. The highest BCUT2D eigenvalue weighted by Crippen LogP contribution is 2.08. The number of pyridine rings is 1. The predicted molar refractivity (Wildman–Crippen MR) is 111 cm³/mol. The molecule has 2 saturated heterocycles. The Morgan fingerprint density at radius 3 is 2.46 bits per heavy atom. The van der Waals surface area contributed by atoms with Crippen molar-refractivity contribution in [1.82, 2.24) is 25.0 Å². The number of carboxylic acids is 1. The van der Waals surface area contributed by atoms with Gasteiger partial charge in [-0.2, -0.15) is 0 Å². The fraction of sp³-hybridized carbons (Fsp3) is 0.700. The lowest BCUT2D eigenvalue weighted by atomic mass is 9.95. The number of fused-ring (bicyclic) bond motifs is 4. The summed E-state index contributed by atoms with van der Waals surface area (Å²) in [5.41, 5.74) is 1.22. The maximum atomic E-state index is 11.3. The highest BCUT2D eigenvalue weighted by atomic mass is 16.4. The molecule has 8 heteroatoms. The average molecular weight is 385 g/mol. The lowest BCUT2D eigenvalue weighted by Crippen LogP contribution is -2.38. The van der Waals surface area contributed by atoms with Gasteiger partial charge in [-0.05, 0) is 70.7 Å². The van der Waals surface area contributed by atoms with Crippen molar-refractivity contribution < 1.29 is 9.90 Å². The molecule has 0 saturated carbocycles. The van der Waals surface area contributed by atoms with E-state index in [0.717, 1.165) is 77.6 Å². The van der Waals surface area contributed by atoms with Crippen LogP contribution in [0.4, 0.5) is 0 Å². The van der Waals surface area contributed by atoms with E-state index in [2.05, 4.69) is 25.0 Å². The maximum Gasteiger partial charge on any atom is 0.354 e. The van der Waals surface area contributed by atoms with Crippen LogP contribution in [0, 0.1) is 0 Å². The van der Waals surface area contributed by atoms with Crippen LogP contribution < -0.4 is 10.8 Å². The standard InChI is InChI=1S/C20H32BN5O2/c21-17-14-18(23-19(15-17)20(27)28)16-26-10-3-8-24-7-2-9-25(12-13-26)6-1-4-22-5-11-24/h14-15,22H,1-13,16H2,(H,27,28). The normalized spacial score (nSPS) is 25.7. The van der Waals surface area contributed by atoms with E-state index in [1.807, 2.05) is 0 Å². The Morgan fingerprint density at radius 2 is 1.68 bits per heavy atom. The molecule has 1 aromatic rings. The number of carboxylic acid groups (broad SMARTS) is 1. The first-order valence-corrected chi connectivity index (χ1v) is 10.5. The molecule has 2 fully saturated rings. The van der Waals surface area contributed by atoms with E-state index in [1.165, 1.54) is 18.9 Å². The Kier molecular flexibility index (Phi) is 8.27. The lowest BCUT2D eigenvalue weighted by molar-refractivity contribution is 0.0690. The Morgan fingerprint density at radius 1 is 0.964 bits per heavy atom. The fourth-order valence-corrected chi connectivity index (χ4v) is 4.08. The number of aromatic nitrogens is 1.